The number of rotatable bonds is 10. The highest BCUT2D eigenvalue weighted by Crippen LogP contribution is 2.37. The molecule has 0 saturated heterocycles. The van der Waals surface area contributed by atoms with Crippen LogP contribution in [-0.4, -0.2) is 30.6 Å². The molecular weight excluding hydrogens is 406 g/mol. The molecule has 0 saturated carbocycles. The molecule has 0 unspecified atom stereocenters. The lowest BCUT2D eigenvalue weighted by Gasteiger charge is -2.38. The van der Waals surface area contributed by atoms with Gasteiger partial charge in [0.1, 0.15) is 12.4 Å². The van der Waals surface area contributed by atoms with Crippen LogP contribution in [0.4, 0.5) is 0 Å². The Morgan fingerprint density at radius 1 is 0.871 bits per heavy atom. The van der Waals surface area contributed by atoms with Gasteiger partial charge in [-0.1, -0.05) is 79.7 Å². The van der Waals surface area contributed by atoms with Crippen LogP contribution in [0.1, 0.15) is 30.0 Å². The Labute approximate surface area is 193 Å². The highest BCUT2D eigenvalue weighted by molar-refractivity contribution is 5.85. The zero-order valence-electron chi connectivity index (χ0n) is 18.7. The topological polar surface area (TPSA) is 32.7 Å². The van der Waals surface area contributed by atoms with Gasteiger partial charge in [0.15, 0.2) is 0 Å². The van der Waals surface area contributed by atoms with Gasteiger partial charge in [0.2, 0.25) is 0 Å². The second kappa shape index (κ2) is 11.9. The molecule has 3 aromatic rings. The van der Waals surface area contributed by atoms with Gasteiger partial charge < -0.3 is 14.7 Å². The van der Waals surface area contributed by atoms with Crippen LogP contribution in [0, 0.1) is 5.92 Å². The third-order valence-electron chi connectivity index (χ3n) is 5.71. The van der Waals surface area contributed by atoms with E-state index in [0.29, 0.717) is 13.0 Å². The molecule has 4 heteroatoms. The van der Waals surface area contributed by atoms with Crippen molar-refractivity contribution in [1.82, 2.24) is 4.90 Å². The third kappa shape index (κ3) is 6.83. The second-order valence-electron chi connectivity index (χ2n) is 8.23. The van der Waals surface area contributed by atoms with Crippen molar-refractivity contribution in [3.63, 3.8) is 0 Å². The quantitative estimate of drug-likeness (QED) is 0.439. The van der Waals surface area contributed by atoms with Gasteiger partial charge in [-0.15, -0.1) is 12.4 Å². The first-order valence-corrected chi connectivity index (χ1v) is 10.7. The maximum absolute atomic E-state index is 11.9. The van der Waals surface area contributed by atoms with Gasteiger partial charge in [-0.05, 0) is 55.8 Å². The van der Waals surface area contributed by atoms with Crippen molar-refractivity contribution in [3.8, 4) is 5.75 Å². The summed E-state index contributed by atoms with van der Waals surface area (Å²) >= 11 is 0. The molecule has 0 radical (unpaired) electrons. The molecule has 166 valence electrons. The summed E-state index contributed by atoms with van der Waals surface area (Å²) in [6.45, 7) is 3.37. The van der Waals surface area contributed by atoms with E-state index >= 15 is 0 Å². The monoisotopic (exact) mass is 439 g/mol. The first-order valence-electron chi connectivity index (χ1n) is 10.7. The Morgan fingerprint density at radius 2 is 1.48 bits per heavy atom. The molecule has 0 bridgehead atoms. The van der Waals surface area contributed by atoms with Gasteiger partial charge in [-0.3, -0.25) is 0 Å². The Morgan fingerprint density at radius 3 is 2.06 bits per heavy atom. The molecule has 0 heterocycles. The van der Waals surface area contributed by atoms with Gasteiger partial charge in [0.05, 0.1) is 5.60 Å². The first kappa shape index (κ1) is 24.9. The molecule has 3 rings (SSSR count). The van der Waals surface area contributed by atoms with Crippen molar-refractivity contribution in [2.45, 2.75) is 32.0 Å². The fourth-order valence-corrected chi connectivity index (χ4v) is 4.05. The molecule has 0 amide bonds. The molecule has 31 heavy (non-hydrogen) atoms. The van der Waals surface area contributed by atoms with Gasteiger partial charge in [-0.2, -0.15) is 0 Å². The largest absolute Gasteiger partial charge is 0.489 e. The number of nitrogens with zero attached hydrogens (tertiary/aromatic N) is 1. The van der Waals surface area contributed by atoms with Crippen LogP contribution in [0.15, 0.2) is 84.9 Å². The number of hydrogen-bond donors (Lipinski definition) is 1. The lowest BCUT2D eigenvalue weighted by molar-refractivity contribution is -0.0367. The number of aliphatic hydroxyl groups is 1. The number of hydrogen-bond acceptors (Lipinski definition) is 3. The van der Waals surface area contributed by atoms with Crippen LogP contribution < -0.4 is 4.74 Å². The van der Waals surface area contributed by atoms with E-state index in [1.165, 1.54) is 5.56 Å². The van der Waals surface area contributed by atoms with E-state index in [4.69, 9.17) is 4.74 Å². The van der Waals surface area contributed by atoms with E-state index in [9.17, 15) is 5.11 Å². The molecular formula is C27H34ClNO2. The molecule has 0 fully saturated rings. The van der Waals surface area contributed by atoms with Crippen molar-refractivity contribution in [3.05, 3.63) is 102 Å². The van der Waals surface area contributed by atoms with Gasteiger partial charge in [0, 0.05) is 12.5 Å². The number of benzene rings is 3. The number of halogens is 1. The standard InChI is InChI=1S/C27H33NO2.ClH/c1-4-27(29,25(20-28(2)3)18-22-12-7-5-8-13-22)24-16-11-17-26(19-24)30-21-23-14-9-6-10-15-23;/h5-17,19,25,29H,4,18,20-21H2,1-3H3;1H/t25-,27-;/m1./s1. The summed E-state index contributed by atoms with van der Waals surface area (Å²) in [5, 5.41) is 11.9. The maximum Gasteiger partial charge on any atom is 0.120 e. The van der Waals surface area contributed by atoms with Crippen LogP contribution in [0.2, 0.25) is 0 Å². The molecule has 1 N–H and O–H groups in total. The summed E-state index contributed by atoms with van der Waals surface area (Å²) in [7, 11) is 4.13. The fraction of sp³-hybridized carbons (Fsp3) is 0.333. The Balaban J connectivity index is 0.00000341. The van der Waals surface area contributed by atoms with E-state index in [1.807, 2.05) is 48.5 Å². The van der Waals surface area contributed by atoms with Gasteiger partial charge >= 0.3 is 0 Å². The van der Waals surface area contributed by atoms with Crippen molar-refractivity contribution < 1.29 is 9.84 Å². The Bertz CT molecular complexity index is 901. The summed E-state index contributed by atoms with van der Waals surface area (Å²) in [6.07, 6.45) is 1.46. The molecule has 0 aliphatic heterocycles. The second-order valence-corrected chi connectivity index (χ2v) is 8.23. The van der Waals surface area contributed by atoms with Crippen molar-refractivity contribution in [1.29, 1.82) is 0 Å². The normalized spacial score (nSPS) is 13.8. The van der Waals surface area contributed by atoms with Gasteiger partial charge in [0.25, 0.3) is 0 Å². The predicted octanol–water partition coefficient (Wildman–Crippen LogP) is 5.71. The van der Waals surface area contributed by atoms with Crippen LogP contribution in [0.25, 0.3) is 0 Å². The SMILES string of the molecule is CC[C@@](O)(c1cccc(OCc2ccccc2)c1)[C@H](Cc1ccccc1)CN(C)C.Cl. The average molecular weight is 440 g/mol. The van der Waals surface area contributed by atoms with Crippen LogP contribution >= 0.6 is 12.4 Å². The molecule has 0 aliphatic rings. The van der Waals surface area contributed by atoms with E-state index in [1.54, 1.807) is 0 Å². The predicted molar refractivity (Wildman–Crippen MR) is 131 cm³/mol. The van der Waals surface area contributed by atoms with Crippen LogP contribution in [-0.2, 0) is 18.6 Å². The molecule has 2 atom stereocenters. The average Bonchev–Trinajstić information content (AvgIpc) is 2.78. The molecule has 0 aliphatic carbocycles. The lowest BCUT2D eigenvalue weighted by atomic mass is 9.76. The highest BCUT2D eigenvalue weighted by Gasteiger charge is 2.37. The Kier molecular flexibility index (Phi) is 9.57. The number of ether oxygens (including phenoxy) is 1. The fourth-order valence-electron chi connectivity index (χ4n) is 4.05. The van der Waals surface area contributed by atoms with Crippen molar-refractivity contribution in [2.75, 3.05) is 20.6 Å². The maximum atomic E-state index is 11.9. The minimum atomic E-state index is -0.938. The van der Waals surface area contributed by atoms with Crippen molar-refractivity contribution >= 4 is 12.4 Å². The summed E-state index contributed by atoms with van der Waals surface area (Å²) in [4.78, 5) is 2.16. The van der Waals surface area contributed by atoms with E-state index in [0.717, 1.165) is 29.8 Å². The zero-order chi connectivity index (χ0) is 21.4. The lowest BCUT2D eigenvalue weighted by Crippen LogP contribution is -2.41. The molecule has 3 aromatic carbocycles. The Hall–Kier alpha value is -2.33. The van der Waals surface area contributed by atoms with Crippen LogP contribution in [0.3, 0.4) is 0 Å². The van der Waals surface area contributed by atoms with E-state index in [-0.39, 0.29) is 18.3 Å². The first-order chi connectivity index (χ1) is 14.5. The molecule has 0 spiro atoms. The summed E-state index contributed by atoms with van der Waals surface area (Å²) < 4.78 is 6.03. The highest BCUT2D eigenvalue weighted by atomic mass is 35.5. The van der Waals surface area contributed by atoms with Crippen LogP contribution in [0.5, 0.6) is 5.75 Å². The third-order valence-corrected chi connectivity index (χ3v) is 5.71. The molecule has 3 nitrogen and oxygen atoms in total. The van der Waals surface area contributed by atoms with E-state index < -0.39 is 5.60 Å². The molecule has 0 aromatic heterocycles. The van der Waals surface area contributed by atoms with Gasteiger partial charge in [-0.25, -0.2) is 0 Å². The summed E-state index contributed by atoms with van der Waals surface area (Å²) in [5.74, 6) is 0.843. The summed E-state index contributed by atoms with van der Waals surface area (Å²) in [5.41, 5.74) is 2.35. The zero-order valence-corrected chi connectivity index (χ0v) is 19.5. The van der Waals surface area contributed by atoms with E-state index in [2.05, 4.69) is 62.3 Å². The minimum Gasteiger partial charge on any atom is -0.489 e. The van der Waals surface area contributed by atoms with Crippen molar-refractivity contribution in [2.24, 2.45) is 5.92 Å². The smallest absolute Gasteiger partial charge is 0.120 e. The summed E-state index contributed by atoms with van der Waals surface area (Å²) in [6, 6.07) is 28.5. The minimum absolute atomic E-state index is 0.